The van der Waals surface area contributed by atoms with E-state index in [0.717, 1.165) is 31.7 Å². The van der Waals surface area contributed by atoms with Crippen LogP contribution in [-0.4, -0.2) is 37.6 Å². The summed E-state index contributed by atoms with van der Waals surface area (Å²) >= 11 is 1.97. The molecule has 0 radical (unpaired) electrons. The predicted molar refractivity (Wildman–Crippen MR) is 82.5 cm³/mol. The van der Waals surface area contributed by atoms with Crippen LogP contribution < -0.4 is 10.6 Å². The van der Waals surface area contributed by atoms with Crippen molar-refractivity contribution < 1.29 is 4.39 Å². The third-order valence-corrected chi connectivity index (χ3v) is 4.25. The highest BCUT2D eigenvalue weighted by atomic mass is 127. The zero-order valence-electron chi connectivity index (χ0n) is 10.8. The van der Waals surface area contributed by atoms with E-state index in [4.69, 9.17) is 5.73 Å². The monoisotopic (exact) mass is 363 g/mol. The van der Waals surface area contributed by atoms with Gasteiger partial charge in [-0.3, -0.25) is 0 Å². The molecule has 1 aromatic carbocycles. The second-order valence-corrected chi connectivity index (χ2v) is 6.15. The average Bonchev–Trinajstić information content (AvgIpc) is 2.45. The minimum Gasteiger partial charge on any atom is -0.397 e. The molecule has 0 amide bonds. The molecule has 1 aliphatic heterocycles. The summed E-state index contributed by atoms with van der Waals surface area (Å²) in [4.78, 5) is 4.53. The van der Waals surface area contributed by atoms with Gasteiger partial charge in [-0.2, -0.15) is 0 Å². The summed E-state index contributed by atoms with van der Waals surface area (Å²) in [6.07, 6.45) is 1.08. The van der Waals surface area contributed by atoms with Crippen LogP contribution in [0, 0.1) is 9.39 Å². The molecule has 18 heavy (non-hydrogen) atoms. The van der Waals surface area contributed by atoms with Crippen LogP contribution in [0.4, 0.5) is 15.8 Å². The molecule has 2 N–H and O–H groups in total. The highest BCUT2D eigenvalue weighted by molar-refractivity contribution is 14.1. The molecule has 5 heteroatoms. The Morgan fingerprint density at radius 1 is 1.39 bits per heavy atom. The molecule has 0 aliphatic carbocycles. The van der Waals surface area contributed by atoms with E-state index in [-0.39, 0.29) is 5.82 Å². The fourth-order valence-electron chi connectivity index (χ4n) is 2.53. The van der Waals surface area contributed by atoms with E-state index in [1.165, 1.54) is 0 Å². The zero-order valence-corrected chi connectivity index (χ0v) is 12.9. The quantitative estimate of drug-likeness (QED) is 0.615. The largest absolute Gasteiger partial charge is 0.397 e. The Morgan fingerprint density at radius 2 is 2.11 bits per heavy atom. The van der Waals surface area contributed by atoms with Crippen molar-refractivity contribution in [2.24, 2.45) is 0 Å². The summed E-state index contributed by atoms with van der Waals surface area (Å²) in [5, 5.41) is 0. The standard InChI is InChI=1S/C13H19FIN3/c1-9-8-17(2)4-3-5-18(9)13-6-10(14)11(15)7-12(13)16/h6-7,9H,3-5,8,16H2,1-2H3. The van der Waals surface area contributed by atoms with Gasteiger partial charge in [-0.1, -0.05) is 0 Å². The smallest absolute Gasteiger partial charge is 0.138 e. The number of nitrogens with two attached hydrogens (primary N) is 1. The lowest BCUT2D eigenvalue weighted by atomic mass is 10.2. The maximum absolute atomic E-state index is 13.7. The summed E-state index contributed by atoms with van der Waals surface area (Å²) < 4.78 is 14.3. The minimum atomic E-state index is -0.190. The molecule has 0 bridgehead atoms. The first-order chi connectivity index (χ1) is 8.49. The first-order valence-electron chi connectivity index (χ1n) is 6.18. The Kier molecular flexibility index (Phi) is 4.32. The molecular weight excluding hydrogens is 344 g/mol. The fraction of sp³-hybridized carbons (Fsp3) is 0.538. The third kappa shape index (κ3) is 2.88. The van der Waals surface area contributed by atoms with Gasteiger partial charge in [0.05, 0.1) is 14.9 Å². The summed E-state index contributed by atoms with van der Waals surface area (Å²) in [5.41, 5.74) is 7.54. The highest BCUT2D eigenvalue weighted by Crippen LogP contribution is 2.30. The van der Waals surface area contributed by atoms with Gasteiger partial charge in [-0.25, -0.2) is 4.39 Å². The molecular formula is C13H19FIN3. The Balaban J connectivity index is 2.32. The molecule has 0 spiro atoms. The first kappa shape index (κ1) is 13.9. The summed E-state index contributed by atoms with van der Waals surface area (Å²) in [5.74, 6) is -0.190. The van der Waals surface area contributed by atoms with Gasteiger partial charge in [-0.15, -0.1) is 0 Å². The van der Waals surface area contributed by atoms with Crippen LogP contribution in [0.3, 0.4) is 0 Å². The van der Waals surface area contributed by atoms with Crippen molar-refractivity contribution in [3.05, 3.63) is 21.5 Å². The number of rotatable bonds is 1. The topological polar surface area (TPSA) is 32.5 Å². The number of hydrogen-bond acceptors (Lipinski definition) is 3. The average molecular weight is 363 g/mol. The van der Waals surface area contributed by atoms with Crippen molar-refractivity contribution in [3.63, 3.8) is 0 Å². The lowest BCUT2D eigenvalue weighted by Gasteiger charge is -2.31. The van der Waals surface area contributed by atoms with Crippen LogP contribution in [-0.2, 0) is 0 Å². The molecule has 3 nitrogen and oxygen atoms in total. The van der Waals surface area contributed by atoms with Crippen LogP contribution in [0.25, 0.3) is 0 Å². The summed E-state index contributed by atoms with van der Waals surface area (Å²) in [6.45, 7) is 5.15. The Labute approximate surface area is 121 Å². The van der Waals surface area contributed by atoms with E-state index in [1.807, 2.05) is 22.6 Å². The number of hydrogen-bond donors (Lipinski definition) is 1. The zero-order chi connectivity index (χ0) is 13.3. The minimum absolute atomic E-state index is 0.190. The van der Waals surface area contributed by atoms with Crippen LogP contribution in [0.2, 0.25) is 0 Å². The van der Waals surface area contributed by atoms with Crippen molar-refractivity contribution in [2.45, 2.75) is 19.4 Å². The van der Waals surface area contributed by atoms with Gasteiger partial charge in [0.15, 0.2) is 0 Å². The first-order valence-corrected chi connectivity index (χ1v) is 7.26. The van der Waals surface area contributed by atoms with E-state index >= 15 is 0 Å². The second kappa shape index (κ2) is 5.61. The molecule has 1 aromatic rings. The van der Waals surface area contributed by atoms with E-state index in [9.17, 15) is 4.39 Å². The second-order valence-electron chi connectivity index (χ2n) is 4.98. The molecule has 0 saturated carbocycles. The number of nitrogen functional groups attached to an aromatic ring is 1. The van der Waals surface area contributed by atoms with Crippen molar-refractivity contribution in [1.29, 1.82) is 0 Å². The number of benzene rings is 1. The Morgan fingerprint density at radius 3 is 2.83 bits per heavy atom. The third-order valence-electron chi connectivity index (χ3n) is 3.43. The molecule has 2 rings (SSSR count). The van der Waals surface area contributed by atoms with Gasteiger partial charge in [0.2, 0.25) is 0 Å². The van der Waals surface area contributed by atoms with Gasteiger partial charge in [0.25, 0.3) is 0 Å². The Hall–Kier alpha value is -0.560. The van der Waals surface area contributed by atoms with Crippen LogP contribution in [0.1, 0.15) is 13.3 Å². The van der Waals surface area contributed by atoms with Gasteiger partial charge < -0.3 is 15.5 Å². The highest BCUT2D eigenvalue weighted by Gasteiger charge is 2.22. The SMILES string of the molecule is CC1CN(C)CCCN1c1cc(F)c(I)cc1N. The predicted octanol–water partition coefficient (Wildman–Crippen LogP) is 2.54. The molecule has 1 saturated heterocycles. The number of likely N-dealkylation sites (N-methyl/N-ethyl adjacent to an activating group) is 1. The number of anilines is 2. The van der Waals surface area contributed by atoms with Gasteiger partial charge >= 0.3 is 0 Å². The number of nitrogens with zero attached hydrogens (tertiary/aromatic N) is 2. The maximum Gasteiger partial charge on any atom is 0.138 e. The van der Waals surface area contributed by atoms with E-state index in [2.05, 4.69) is 23.8 Å². The van der Waals surface area contributed by atoms with E-state index < -0.39 is 0 Å². The summed E-state index contributed by atoms with van der Waals surface area (Å²) in [6, 6.07) is 3.63. The Bertz CT molecular complexity index is 438. The molecule has 1 aliphatic rings. The van der Waals surface area contributed by atoms with Crippen LogP contribution >= 0.6 is 22.6 Å². The van der Waals surface area contributed by atoms with E-state index in [0.29, 0.717) is 15.3 Å². The number of halogens is 2. The van der Waals surface area contributed by atoms with Crippen LogP contribution in [0.5, 0.6) is 0 Å². The molecule has 1 atom stereocenters. The lowest BCUT2D eigenvalue weighted by Crippen LogP contribution is -2.38. The molecule has 1 unspecified atom stereocenters. The molecule has 100 valence electrons. The normalized spacial score (nSPS) is 22.0. The van der Waals surface area contributed by atoms with Gasteiger partial charge in [0.1, 0.15) is 5.82 Å². The van der Waals surface area contributed by atoms with Gasteiger partial charge in [-0.05, 0) is 55.6 Å². The van der Waals surface area contributed by atoms with Crippen molar-refractivity contribution in [1.82, 2.24) is 4.90 Å². The summed E-state index contributed by atoms with van der Waals surface area (Å²) in [7, 11) is 2.12. The molecule has 0 aromatic heterocycles. The van der Waals surface area contributed by atoms with Crippen molar-refractivity contribution >= 4 is 34.0 Å². The van der Waals surface area contributed by atoms with Crippen molar-refractivity contribution in [3.8, 4) is 0 Å². The van der Waals surface area contributed by atoms with E-state index in [1.54, 1.807) is 12.1 Å². The lowest BCUT2D eigenvalue weighted by molar-refractivity contribution is 0.337. The van der Waals surface area contributed by atoms with Crippen molar-refractivity contribution in [2.75, 3.05) is 37.3 Å². The maximum atomic E-state index is 13.7. The molecule has 1 heterocycles. The van der Waals surface area contributed by atoms with Crippen LogP contribution in [0.15, 0.2) is 12.1 Å². The fourth-order valence-corrected chi connectivity index (χ4v) is 3.02. The molecule has 1 fully saturated rings. The van der Waals surface area contributed by atoms with Gasteiger partial charge in [0, 0.05) is 25.2 Å².